The van der Waals surface area contributed by atoms with Crippen LogP contribution in [0.15, 0.2) is 40.3 Å². The van der Waals surface area contributed by atoms with Crippen molar-refractivity contribution in [2.24, 2.45) is 0 Å². The van der Waals surface area contributed by atoms with Crippen molar-refractivity contribution in [3.05, 3.63) is 52.1 Å². The van der Waals surface area contributed by atoms with Gasteiger partial charge in [-0.3, -0.25) is 4.79 Å². The van der Waals surface area contributed by atoms with Gasteiger partial charge in [-0.2, -0.15) is 4.98 Å². The molecule has 2 N–H and O–H groups in total. The summed E-state index contributed by atoms with van der Waals surface area (Å²) < 4.78 is 5.11. The fourth-order valence-corrected chi connectivity index (χ4v) is 2.77. The summed E-state index contributed by atoms with van der Waals surface area (Å²) in [6.07, 6.45) is 1.59. The van der Waals surface area contributed by atoms with Gasteiger partial charge in [0.05, 0.1) is 18.9 Å². The van der Waals surface area contributed by atoms with Gasteiger partial charge in [0.1, 0.15) is 10.8 Å². The monoisotopic (exact) mass is 333 g/mol. The largest absolute Gasteiger partial charge is 0.497 e. The van der Waals surface area contributed by atoms with Gasteiger partial charge in [-0.1, -0.05) is 23.9 Å². The molecule has 0 spiro atoms. The van der Waals surface area contributed by atoms with E-state index in [9.17, 15) is 9.59 Å². The fraction of sp³-hybridized carbons (Fsp3) is 0.312. The van der Waals surface area contributed by atoms with Crippen LogP contribution in [0.3, 0.4) is 0 Å². The van der Waals surface area contributed by atoms with Crippen molar-refractivity contribution < 1.29 is 9.53 Å². The lowest BCUT2D eigenvalue weighted by atomic mass is 10.1. The van der Waals surface area contributed by atoms with E-state index in [1.54, 1.807) is 13.3 Å². The molecule has 0 bridgehead atoms. The quantitative estimate of drug-likeness (QED) is 0.624. The maximum Gasteiger partial charge on any atom is 0.345 e. The third kappa shape index (κ3) is 4.85. The number of methoxy groups -OCH3 is 1. The number of ether oxygens (including phenoxy) is 1. The molecular weight excluding hydrogens is 314 g/mol. The molecule has 2 rings (SSSR count). The first-order valence-corrected chi connectivity index (χ1v) is 8.10. The van der Waals surface area contributed by atoms with Gasteiger partial charge in [-0.25, -0.2) is 4.79 Å². The van der Waals surface area contributed by atoms with Gasteiger partial charge in [0, 0.05) is 6.20 Å². The zero-order valence-corrected chi connectivity index (χ0v) is 14.1. The molecule has 7 heteroatoms. The summed E-state index contributed by atoms with van der Waals surface area (Å²) >= 11 is 1.25. The summed E-state index contributed by atoms with van der Waals surface area (Å²) in [6, 6.07) is 7.44. The number of rotatable bonds is 6. The minimum absolute atomic E-state index is 0.109. The third-order valence-corrected chi connectivity index (χ3v) is 4.38. The van der Waals surface area contributed by atoms with Crippen LogP contribution in [0, 0.1) is 6.92 Å². The van der Waals surface area contributed by atoms with E-state index >= 15 is 0 Å². The Labute approximate surface area is 138 Å². The van der Waals surface area contributed by atoms with Crippen molar-refractivity contribution in [3.8, 4) is 5.75 Å². The number of aromatic amines is 1. The predicted molar refractivity (Wildman–Crippen MR) is 89.9 cm³/mol. The topological polar surface area (TPSA) is 84.1 Å². The standard InChI is InChI=1S/C16H19N3O3S/c1-10-8-17-16(21)19-15(10)23-9-14(20)18-11(2)12-4-6-13(22-3)7-5-12/h4-8,11H,9H2,1-3H3,(H,18,20)(H,17,19,21)/t11-/m0/s1. The SMILES string of the molecule is COc1ccc([C@H](C)NC(=O)CSc2nc(=O)[nH]cc2C)cc1. The summed E-state index contributed by atoms with van der Waals surface area (Å²) in [6.45, 7) is 3.75. The normalized spacial score (nSPS) is 11.8. The molecule has 1 aromatic heterocycles. The molecule has 0 aliphatic rings. The molecule has 23 heavy (non-hydrogen) atoms. The molecular formula is C16H19N3O3S. The first kappa shape index (κ1) is 17.1. The number of H-pyrrole nitrogens is 1. The summed E-state index contributed by atoms with van der Waals surface area (Å²) in [5.41, 5.74) is 1.42. The Morgan fingerprint density at radius 3 is 2.74 bits per heavy atom. The van der Waals surface area contributed by atoms with Crippen molar-refractivity contribution in [2.45, 2.75) is 24.9 Å². The van der Waals surface area contributed by atoms with Crippen LogP contribution >= 0.6 is 11.8 Å². The molecule has 0 saturated carbocycles. The number of carbonyl (C=O) groups excluding carboxylic acids is 1. The molecule has 1 atom stereocenters. The Bertz CT molecular complexity index is 728. The van der Waals surface area contributed by atoms with Gasteiger partial charge in [-0.05, 0) is 37.1 Å². The van der Waals surface area contributed by atoms with E-state index in [1.165, 1.54) is 11.8 Å². The van der Waals surface area contributed by atoms with Crippen LogP contribution in [0.4, 0.5) is 0 Å². The lowest BCUT2D eigenvalue weighted by molar-refractivity contribution is -0.119. The van der Waals surface area contributed by atoms with Gasteiger partial charge in [0.25, 0.3) is 0 Å². The lowest BCUT2D eigenvalue weighted by Crippen LogP contribution is -2.28. The van der Waals surface area contributed by atoms with Crippen LogP contribution in [-0.2, 0) is 4.79 Å². The summed E-state index contributed by atoms with van der Waals surface area (Å²) in [4.78, 5) is 29.6. The number of thioether (sulfide) groups is 1. The molecule has 0 unspecified atom stereocenters. The maximum absolute atomic E-state index is 12.0. The third-order valence-electron chi connectivity index (χ3n) is 3.29. The number of nitrogens with one attached hydrogen (secondary N) is 2. The number of hydrogen-bond donors (Lipinski definition) is 2. The van der Waals surface area contributed by atoms with E-state index < -0.39 is 5.69 Å². The molecule has 0 saturated heterocycles. The lowest BCUT2D eigenvalue weighted by Gasteiger charge is -2.14. The first-order valence-electron chi connectivity index (χ1n) is 7.12. The van der Waals surface area contributed by atoms with Gasteiger partial charge in [-0.15, -0.1) is 0 Å². The molecule has 2 aromatic rings. The molecule has 6 nitrogen and oxygen atoms in total. The highest BCUT2D eigenvalue weighted by molar-refractivity contribution is 7.99. The molecule has 0 aliphatic heterocycles. The molecule has 122 valence electrons. The van der Waals surface area contributed by atoms with E-state index in [-0.39, 0.29) is 17.7 Å². The second-order valence-corrected chi connectivity index (χ2v) is 6.01. The summed E-state index contributed by atoms with van der Waals surface area (Å²) in [5.74, 6) is 0.871. The Morgan fingerprint density at radius 1 is 1.39 bits per heavy atom. The fourth-order valence-electron chi connectivity index (χ4n) is 1.98. The molecule has 1 amide bonds. The van der Waals surface area contributed by atoms with Gasteiger partial charge < -0.3 is 15.0 Å². The number of benzene rings is 1. The average molecular weight is 333 g/mol. The minimum atomic E-state index is -0.412. The molecule has 1 aromatic carbocycles. The number of aromatic nitrogens is 2. The smallest absolute Gasteiger partial charge is 0.345 e. The Kier molecular flexibility index (Phi) is 5.81. The first-order chi connectivity index (χ1) is 11.0. The molecule has 0 aliphatic carbocycles. The number of amides is 1. The second kappa shape index (κ2) is 7.82. The van der Waals surface area contributed by atoms with E-state index in [4.69, 9.17) is 4.74 Å². The molecule has 1 heterocycles. The Hall–Kier alpha value is -2.28. The van der Waals surface area contributed by atoms with Crippen LogP contribution in [-0.4, -0.2) is 28.7 Å². The van der Waals surface area contributed by atoms with Gasteiger partial charge in [0.2, 0.25) is 5.91 Å². The van der Waals surface area contributed by atoms with Crippen LogP contribution in [0.1, 0.15) is 24.1 Å². The highest BCUT2D eigenvalue weighted by atomic mass is 32.2. The zero-order valence-electron chi connectivity index (χ0n) is 13.3. The Morgan fingerprint density at radius 2 is 2.09 bits per heavy atom. The predicted octanol–water partition coefficient (Wildman–Crippen LogP) is 2.06. The highest BCUT2D eigenvalue weighted by Gasteiger charge is 2.11. The number of carbonyl (C=O) groups is 1. The van der Waals surface area contributed by atoms with E-state index in [2.05, 4.69) is 15.3 Å². The molecule has 0 radical (unpaired) electrons. The van der Waals surface area contributed by atoms with Crippen molar-refractivity contribution in [1.82, 2.24) is 15.3 Å². The number of nitrogens with zero attached hydrogens (tertiary/aromatic N) is 1. The van der Waals surface area contributed by atoms with Gasteiger partial charge >= 0.3 is 5.69 Å². The number of hydrogen-bond acceptors (Lipinski definition) is 5. The Balaban J connectivity index is 1.90. The van der Waals surface area contributed by atoms with Crippen LogP contribution in [0.25, 0.3) is 0 Å². The molecule has 0 fully saturated rings. The highest BCUT2D eigenvalue weighted by Crippen LogP contribution is 2.19. The van der Waals surface area contributed by atoms with E-state index in [1.807, 2.05) is 38.1 Å². The summed E-state index contributed by atoms with van der Waals surface area (Å²) in [5, 5.41) is 3.49. The van der Waals surface area contributed by atoms with Crippen LogP contribution in [0.5, 0.6) is 5.75 Å². The van der Waals surface area contributed by atoms with Crippen molar-refractivity contribution in [2.75, 3.05) is 12.9 Å². The van der Waals surface area contributed by atoms with Crippen LogP contribution < -0.4 is 15.7 Å². The van der Waals surface area contributed by atoms with E-state index in [0.717, 1.165) is 16.9 Å². The maximum atomic E-state index is 12.0. The van der Waals surface area contributed by atoms with Crippen molar-refractivity contribution >= 4 is 17.7 Å². The van der Waals surface area contributed by atoms with E-state index in [0.29, 0.717) is 5.03 Å². The second-order valence-electron chi connectivity index (χ2n) is 5.04. The minimum Gasteiger partial charge on any atom is -0.497 e. The van der Waals surface area contributed by atoms with Crippen LogP contribution in [0.2, 0.25) is 0 Å². The average Bonchev–Trinajstić information content (AvgIpc) is 2.55. The number of aryl methyl sites for hydroxylation is 1. The van der Waals surface area contributed by atoms with Crippen molar-refractivity contribution in [1.29, 1.82) is 0 Å². The van der Waals surface area contributed by atoms with Crippen molar-refractivity contribution in [3.63, 3.8) is 0 Å². The summed E-state index contributed by atoms with van der Waals surface area (Å²) in [7, 11) is 1.61. The van der Waals surface area contributed by atoms with Gasteiger partial charge in [0.15, 0.2) is 0 Å². The zero-order chi connectivity index (χ0) is 16.8.